The van der Waals surface area contributed by atoms with E-state index >= 15 is 0 Å². The molecule has 0 heterocycles. The SMILES string of the molecule is NC(=O)CC[C@H](NC(=O)NC1CCC(O)CC1)C(=O)O. The molecule has 114 valence electrons. The first-order valence-corrected chi connectivity index (χ1v) is 6.64. The van der Waals surface area contributed by atoms with Crippen LogP contribution in [0.15, 0.2) is 0 Å². The van der Waals surface area contributed by atoms with Gasteiger partial charge in [0.1, 0.15) is 6.04 Å². The van der Waals surface area contributed by atoms with Gasteiger partial charge in [-0.2, -0.15) is 0 Å². The molecular formula is C12H21N3O5. The van der Waals surface area contributed by atoms with E-state index in [1.54, 1.807) is 0 Å². The van der Waals surface area contributed by atoms with Crippen LogP contribution in [0, 0.1) is 0 Å². The quantitative estimate of drug-likeness (QED) is 0.439. The molecule has 0 saturated heterocycles. The standard InChI is InChI=1S/C12H21N3O5/c13-10(17)6-5-9(11(18)19)15-12(20)14-7-1-3-8(16)4-2-7/h7-9,16H,1-6H2,(H2,13,17)(H,18,19)(H2,14,15,20)/t7?,8?,9-/m0/s1. The maximum atomic E-state index is 11.7. The molecule has 20 heavy (non-hydrogen) atoms. The number of hydrogen-bond donors (Lipinski definition) is 5. The Balaban J connectivity index is 2.37. The average molecular weight is 287 g/mol. The van der Waals surface area contributed by atoms with Gasteiger partial charge in [-0.15, -0.1) is 0 Å². The van der Waals surface area contributed by atoms with Crippen molar-refractivity contribution in [3.63, 3.8) is 0 Å². The third-order valence-corrected chi connectivity index (χ3v) is 3.31. The molecule has 1 aliphatic carbocycles. The van der Waals surface area contributed by atoms with Crippen molar-refractivity contribution in [1.82, 2.24) is 10.6 Å². The summed E-state index contributed by atoms with van der Waals surface area (Å²) in [5.74, 6) is -1.82. The minimum Gasteiger partial charge on any atom is -0.480 e. The Labute approximate surface area is 116 Å². The van der Waals surface area contributed by atoms with Crippen molar-refractivity contribution in [2.24, 2.45) is 5.73 Å². The van der Waals surface area contributed by atoms with E-state index in [1.807, 2.05) is 0 Å². The molecule has 0 radical (unpaired) electrons. The summed E-state index contributed by atoms with van der Waals surface area (Å²) in [6, 6.07) is -1.79. The monoisotopic (exact) mass is 287 g/mol. The maximum Gasteiger partial charge on any atom is 0.326 e. The van der Waals surface area contributed by atoms with E-state index in [9.17, 15) is 19.5 Å². The van der Waals surface area contributed by atoms with Crippen LogP contribution >= 0.6 is 0 Å². The Morgan fingerprint density at radius 3 is 2.30 bits per heavy atom. The van der Waals surface area contributed by atoms with E-state index in [2.05, 4.69) is 10.6 Å². The summed E-state index contributed by atoms with van der Waals surface area (Å²) in [7, 11) is 0. The zero-order chi connectivity index (χ0) is 15.1. The molecule has 0 aliphatic heterocycles. The lowest BCUT2D eigenvalue weighted by Gasteiger charge is -2.26. The van der Waals surface area contributed by atoms with Crippen LogP contribution in [0.4, 0.5) is 4.79 Å². The van der Waals surface area contributed by atoms with Crippen molar-refractivity contribution < 1.29 is 24.6 Å². The number of primary amides is 1. The number of urea groups is 1. The highest BCUT2D eigenvalue weighted by Gasteiger charge is 2.24. The van der Waals surface area contributed by atoms with Crippen LogP contribution in [0.1, 0.15) is 38.5 Å². The molecule has 0 bridgehead atoms. The van der Waals surface area contributed by atoms with Gasteiger partial charge in [-0.3, -0.25) is 4.79 Å². The molecule has 1 aliphatic rings. The number of rotatable bonds is 6. The number of amides is 3. The van der Waals surface area contributed by atoms with Gasteiger partial charge in [-0.1, -0.05) is 0 Å². The van der Waals surface area contributed by atoms with E-state index in [0.717, 1.165) is 0 Å². The molecule has 0 aromatic carbocycles. The number of nitrogens with one attached hydrogen (secondary N) is 2. The summed E-state index contributed by atoms with van der Waals surface area (Å²) in [6.45, 7) is 0. The number of aliphatic carboxylic acids is 1. The van der Waals surface area contributed by atoms with Crippen molar-refractivity contribution >= 4 is 17.9 Å². The van der Waals surface area contributed by atoms with Crippen LogP contribution in [0.25, 0.3) is 0 Å². The fraction of sp³-hybridized carbons (Fsp3) is 0.750. The molecule has 1 atom stereocenters. The zero-order valence-electron chi connectivity index (χ0n) is 11.2. The molecule has 0 unspecified atom stereocenters. The van der Waals surface area contributed by atoms with E-state index < -0.39 is 23.9 Å². The molecule has 1 fully saturated rings. The van der Waals surface area contributed by atoms with Gasteiger partial charge >= 0.3 is 12.0 Å². The lowest BCUT2D eigenvalue weighted by Crippen LogP contribution is -2.50. The number of hydrogen-bond acceptors (Lipinski definition) is 4. The number of carboxylic acid groups (broad SMARTS) is 1. The van der Waals surface area contributed by atoms with Crippen LogP contribution in [-0.2, 0) is 9.59 Å². The number of carbonyl (C=O) groups is 3. The highest BCUT2D eigenvalue weighted by molar-refractivity contribution is 5.83. The van der Waals surface area contributed by atoms with Crippen LogP contribution < -0.4 is 16.4 Å². The third-order valence-electron chi connectivity index (χ3n) is 3.31. The molecule has 8 nitrogen and oxygen atoms in total. The third kappa shape index (κ3) is 5.87. The maximum absolute atomic E-state index is 11.7. The van der Waals surface area contributed by atoms with Gasteiger partial charge < -0.3 is 26.6 Å². The second-order valence-corrected chi connectivity index (χ2v) is 5.02. The molecule has 1 saturated carbocycles. The van der Waals surface area contributed by atoms with Crippen molar-refractivity contribution in [2.45, 2.75) is 56.7 Å². The predicted octanol–water partition coefficient (Wildman–Crippen LogP) is -0.692. The lowest BCUT2D eigenvalue weighted by atomic mass is 9.93. The number of aliphatic hydroxyl groups is 1. The second kappa shape index (κ2) is 7.68. The number of nitrogens with two attached hydrogens (primary N) is 1. The number of carbonyl (C=O) groups excluding carboxylic acids is 2. The largest absolute Gasteiger partial charge is 0.480 e. The topological polar surface area (TPSA) is 142 Å². The highest BCUT2D eigenvalue weighted by atomic mass is 16.4. The Morgan fingerprint density at radius 1 is 1.20 bits per heavy atom. The van der Waals surface area contributed by atoms with Crippen LogP contribution in [-0.4, -0.2) is 46.3 Å². The first kappa shape index (κ1) is 16.2. The van der Waals surface area contributed by atoms with Gasteiger partial charge in [0.15, 0.2) is 0 Å². The molecule has 6 N–H and O–H groups in total. The smallest absolute Gasteiger partial charge is 0.326 e. The van der Waals surface area contributed by atoms with Gasteiger partial charge in [0.2, 0.25) is 5.91 Å². The molecule has 8 heteroatoms. The van der Waals surface area contributed by atoms with Crippen LogP contribution in [0.3, 0.4) is 0 Å². The van der Waals surface area contributed by atoms with Gasteiger partial charge in [0.05, 0.1) is 6.10 Å². The van der Waals surface area contributed by atoms with Gasteiger partial charge in [-0.25, -0.2) is 9.59 Å². The highest BCUT2D eigenvalue weighted by Crippen LogP contribution is 2.18. The van der Waals surface area contributed by atoms with Crippen molar-refractivity contribution in [3.05, 3.63) is 0 Å². The van der Waals surface area contributed by atoms with Crippen molar-refractivity contribution in [2.75, 3.05) is 0 Å². The lowest BCUT2D eigenvalue weighted by molar-refractivity contribution is -0.139. The molecule has 1 rings (SSSR count). The summed E-state index contributed by atoms with van der Waals surface area (Å²) in [5.41, 5.74) is 4.95. The van der Waals surface area contributed by atoms with E-state index in [4.69, 9.17) is 10.8 Å². The summed E-state index contributed by atoms with van der Waals surface area (Å²) < 4.78 is 0. The Bertz CT molecular complexity index is 366. The number of aliphatic hydroxyl groups excluding tert-OH is 1. The fourth-order valence-corrected chi connectivity index (χ4v) is 2.15. The molecule has 0 spiro atoms. The Hall–Kier alpha value is -1.83. The summed E-state index contributed by atoms with van der Waals surface area (Å²) in [6.07, 6.45) is 2.10. The molecule has 0 aromatic heterocycles. The minimum atomic E-state index is -1.21. The van der Waals surface area contributed by atoms with Crippen LogP contribution in [0.5, 0.6) is 0 Å². The molecule has 3 amide bonds. The summed E-state index contributed by atoms with van der Waals surface area (Å²) in [4.78, 5) is 33.3. The zero-order valence-corrected chi connectivity index (χ0v) is 11.2. The molecule has 0 aromatic rings. The predicted molar refractivity (Wildman–Crippen MR) is 69.8 cm³/mol. The Morgan fingerprint density at radius 2 is 1.80 bits per heavy atom. The van der Waals surface area contributed by atoms with Crippen molar-refractivity contribution in [1.29, 1.82) is 0 Å². The summed E-state index contributed by atoms with van der Waals surface area (Å²) in [5, 5.41) is 23.3. The van der Waals surface area contributed by atoms with E-state index in [0.29, 0.717) is 25.7 Å². The minimum absolute atomic E-state index is 0.0402. The fourth-order valence-electron chi connectivity index (χ4n) is 2.15. The van der Waals surface area contributed by atoms with E-state index in [-0.39, 0.29) is 25.0 Å². The second-order valence-electron chi connectivity index (χ2n) is 5.02. The Kier molecular flexibility index (Phi) is 6.23. The van der Waals surface area contributed by atoms with E-state index in [1.165, 1.54) is 0 Å². The first-order valence-electron chi connectivity index (χ1n) is 6.64. The van der Waals surface area contributed by atoms with Gasteiger partial charge in [0, 0.05) is 12.5 Å². The van der Waals surface area contributed by atoms with Crippen LogP contribution in [0.2, 0.25) is 0 Å². The summed E-state index contributed by atoms with van der Waals surface area (Å²) >= 11 is 0. The van der Waals surface area contributed by atoms with Gasteiger partial charge in [-0.05, 0) is 32.1 Å². The van der Waals surface area contributed by atoms with Crippen molar-refractivity contribution in [3.8, 4) is 0 Å². The number of carboxylic acids is 1. The van der Waals surface area contributed by atoms with Gasteiger partial charge in [0.25, 0.3) is 0 Å². The average Bonchev–Trinajstić information content (AvgIpc) is 2.36. The molecular weight excluding hydrogens is 266 g/mol. The first-order chi connectivity index (χ1) is 9.38. The normalized spacial score (nSPS) is 23.6.